The standard InChI is InChI=1S/C16H18N2O/c1-10-8-12(3)15(9-11(10)2)18-16(19)13-4-6-14(17)7-5-13/h4-9H,17H2,1-3H3,(H,18,19). The highest BCUT2D eigenvalue weighted by molar-refractivity contribution is 6.04. The molecule has 0 atom stereocenters. The van der Waals surface area contributed by atoms with E-state index in [1.807, 2.05) is 19.9 Å². The second-order valence-corrected chi connectivity index (χ2v) is 4.83. The zero-order valence-electron chi connectivity index (χ0n) is 11.4. The molecule has 0 spiro atoms. The van der Waals surface area contributed by atoms with E-state index in [1.165, 1.54) is 11.1 Å². The van der Waals surface area contributed by atoms with Gasteiger partial charge in [-0.25, -0.2) is 0 Å². The summed E-state index contributed by atoms with van der Waals surface area (Å²) in [5.41, 5.74) is 11.2. The summed E-state index contributed by atoms with van der Waals surface area (Å²) in [6.07, 6.45) is 0. The van der Waals surface area contributed by atoms with Gasteiger partial charge in [-0.05, 0) is 67.8 Å². The highest BCUT2D eigenvalue weighted by Gasteiger charge is 2.08. The molecule has 0 unspecified atom stereocenters. The summed E-state index contributed by atoms with van der Waals surface area (Å²) in [7, 11) is 0. The van der Waals surface area contributed by atoms with Crippen LogP contribution in [0.1, 0.15) is 27.0 Å². The Morgan fingerprint density at radius 3 is 2.16 bits per heavy atom. The van der Waals surface area contributed by atoms with Gasteiger partial charge in [0.25, 0.3) is 5.91 Å². The SMILES string of the molecule is Cc1cc(C)c(NC(=O)c2ccc(N)cc2)cc1C. The number of nitrogens with one attached hydrogen (secondary N) is 1. The van der Waals surface area contributed by atoms with Crippen LogP contribution in [-0.2, 0) is 0 Å². The van der Waals surface area contributed by atoms with Crippen LogP contribution in [0.15, 0.2) is 36.4 Å². The van der Waals surface area contributed by atoms with Gasteiger partial charge in [-0.3, -0.25) is 4.79 Å². The Bertz CT molecular complexity index is 615. The Labute approximate surface area is 113 Å². The molecule has 2 aromatic carbocycles. The van der Waals surface area contributed by atoms with Crippen molar-refractivity contribution in [1.29, 1.82) is 0 Å². The van der Waals surface area contributed by atoms with Crippen molar-refractivity contribution < 1.29 is 4.79 Å². The van der Waals surface area contributed by atoms with Crippen LogP contribution in [0, 0.1) is 20.8 Å². The molecule has 0 saturated heterocycles. The highest BCUT2D eigenvalue weighted by atomic mass is 16.1. The Kier molecular flexibility index (Phi) is 3.56. The van der Waals surface area contributed by atoms with Gasteiger partial charge in [0.05, 0.1) is 0 Å². The lowest BCUT2D eigenvalue weighted by Gasteiger charge is -2.11. The number of hydrogen-bond donors (Lipinski definition) is 2. The topological polar surface area (TPSA) is 55.1 Å². The fourth-order valence-corrected chi connectivity index (χ4v) is 1.92. The molecular weight excluding hydrogens is 236 g/mol. The molecule has 0 aliphatic rings. The van der Waals surface area contributed by atoms with Crippen molar-refractivity contribution in [3.63, 3.8) is 0 Å². The van der Waals surface area contributed by atoms with Gasteiger partial charge in [-0.15, -0.1) is 0 Å². The maximum atomic E-state index is 12.1. The van der Waals surface area contributed by atoms with E-state index >= 15 is 0 Å². The summed E-state index contributed by atoms with van der Waals surface area (Å²) in [5.74, 6) is -0.119. The van der Waals surface area contributed by atoms with Crippen molar-refractivity contribution in [2.45, 2.75) is 20.8 Å². The third-order valence-corrected chi connectivity index (χ3v) is 3.26. The van der Waals surface area contributed by atoms with Crippen LogP contribution in [0.3, 0.4) is 0 Å². The summed E-state index contributed by atoms with van der Waals surface area (Å²) < 4.78 is 0. The number of nitrogens with two attached hydrogens (primary N) is 1. The lowest BCUT2D eigenvalue weighted by atomic mass is 10.0. The van der Waals surface area contributed by atoms with Gasteiger partial charge in [0.1, 0.15) is 0 Å². The van der Waals surface area contributed by atoms with E-state index in [0.29, 0.717) is 11.3 Å². The molecule has 2 aromatic rings. The Morgan fingerprint density at radius 2 is 1.53 bits per heavy atom. The fourth-order valence-electron chi connectivity index (χ4n) is 1.92. The second-order valence-electron chi connectivity index (χ2n) is 4.83. The number of aryl methyl sites for hydroxylation is 3. The number of carbonyl (C=O) groups is 1. The lowest BCUT2D eigenvalue weighted by molar-refractivity contribution is 0.102. The molecule has 98 valence electrons. The number of nitrogen functional groups attached to an aromatic ring is 1. The molecule has 0 bridgehead atoms. The van der Waals surface area contributed by atoms with Crippen molar-refractivity contribution in [3.05, 3.63) is 58.7 Å². The molecule has 2 rings (SSSR count). The average molecular weight is 254 g/mol. The largest absolute Gasteiger partial charge is 0.399 e. The first-order valence-corrected chi connectivity index (χ1v) is 6.22. The second kappa shape index (κ2) is 5.14. The van der Waals surface area contributed by atoms with Crippen molar-refractivity contribution in [2.24, 2.45) is 0 Å². The average Bonchev–Trinajstić information content (AvgIpc) is 2.36. The molecule has 3 nitrogen and oxygen atoms in total. The van der Waals surface area contributed by atoms with Crippen molar-refractivity contribution in [3.8, 4) is 0 Å². The normalized spacial score (nSPS) is 10.3. The Balaban J connectivity index is 2.24. The number of amides is 1. The fraction of sp³-hybridized carbons (Fsp3) is 0.188. The van der Waals surface area contributed by atoms with Crippen molar-refractivity contribution in [1.82, 2.24) is 0 Å². The van der Waals surface area contributed by atoms with Gasteiger partial charge in [-0.2, -0.15) is 0 Å². The van der Waals surface area contributed by atoms with Crippen LogP contribution in [0.4, 0.5) is 11.4 Å². The molecule has 1 amide bonds. The van der Waals surface area contributed by atoms with Crippen LogP contribution in [-0.4, -0.2) is 5.91 Å². The predicted octanol–water partition coefficient (Wildman–Crippen LogP) is 3.45. The highest BCUT2D eigenvalue weighted by Crippen LogP contribution is 2.20. The number of hydrogen-bond acceptors (Lipinski definition) is 2. The van der Waals surface area contributed by atoms with Crippen molar-refractivity contribution >= 4 is 17.3 Å². The third-order valence-electron chi connectivity index (χ3n) is 3.26. The van der Waals surface area contributed by atoms with E-state index in [9.17, 15) is 4.79 Å². The van der Waals surface area contributed by atoms with Gasteiger partial charge in [0.15, 0.2) is 0 Å². The maximum absolute atomic E-state index is 12.1. The summed E-state index contributed by atoms with van der Waals surface area (Å²) in [6, 6.07) is 11.0. The smallest absolute Gasteiger partial charge is 0.255 e. The Hall–Kier alpha value is -2.29. The van der Waals surface area contributed by atoms with Gasteiger partial charge in [-0.1, -0.05) is 6.07 Å². The monoisotopic (exact) mass is 254 g/mol. The number of benzene rings is 2. The quantitative estimate of drug-likeness (QED) is 0.806. The van der Waals surface area contributed by atoms with E-state index in [4.69, 9.17) is 5.73 Å². The van der Waals surface area contributed by atoms with Gasteiger partial charge in [0, 0.05) is 16.9 Å². The minimum atomic E-state index is -0.119. The van der Waals surface area contributed by atoms with Crippen LogP contribution in [0.2, 0.25) is 0 Å². The van der Waals surface area contributed by atoms with Crippen LogP contribution in [0.25, 0.3) is 0 Å². The molecule has 0 radical (unpaired) electrons. The number of carbonyl (C=O) groups excluding carboxylic acids is 1. The first-order valence-electron chi connectivity index (χ1n) is 6.22. The van der Waals surface area contributed by atoms with Gasteiger partial charge < -0.3 is 11.1 Å². The minimum Gasteiger partial charge on any atom is -0.399 e. The molecule has 19 heavy (non-hydrogen) atoms. The van der Waals surface area contributed by atoms with E-state index < -0.39 is 0 Å². The van der Waals surface area contributed by atoms with E-state index in [0.717, 1.165) is 11.3 Å². The summed E-state index contributed by atoms with van der Waals surface area (Å²) >= 11 is 0. The molecule has 0 saturated carbocycles. The molecule has 3 N–H and O–H groups in total. The number of anilines is 2. The molecule has 0 aromatic heterocycles. The molecule has 3 heteroatoms. The van der Waals surface area contributed by atoms with Crippen molar-refractivity contribution in [2.75, 3.05) is 11.1 Å². The molecule has 0 fully saturated rings. The number of rotatable bonds is 2. The summed E-state index contributed by atoms with van der Waals surface area (Å²) in [6.45, 7) is 6.09. The molecule has 0 aliphatic heterocycles. The zero-order chi connectivity index (χ0) is 14.0. The molecule has 0 heterocycles. The molecular formula is C16H18N2O. The lowest BCUT2D eigenvalue weighted by Crippen LogP contribution is -2.13. The third kappa shape index (κ3) is 2.94. The molecule has 0 aliphatic carbocycles. The minimum absolute atomic E-state index is 0.119. The summed E-state index contributed by atoms with van der Waals surface area (Å²) in [4.78, 5) is 12.1. The van der Waals surface area contributed by atoms with Gasteiger partial charge in [0.2, 0.25) is 0 Å². The maximum Gasteiger partial charge on any atom is 0.255 e. The van der Waals surface area contributed by atoms with Crippen LogP contribution in [0.5, 0.6) is 0 Å². The predicted molar refractivity (Wildman–Crippen MR) is 79.5 cm³/mol. The van der Waals surface area contributed by atoms with E-state index in [1.54, 1.807) is 24.3 Å². The van der Waals surface area contributed by atoms with Gasteiger partial charge >= 0.3 is 0 Å². The Morgan fingerprint density at radius 1 is 0.947 bits per heavy atom. The van der Waals surface area contributed by atoms with Crippen LogP contribution >= 0.6 is 0 Å². The zero-order valence-corrected chi connectivity index (χ0v) is 11.4. The van der Waals surface area contributed by atoms with E-state index in [-0.39, 0.29) is 5.91 Å². The van der Waals surface area contributed by atoms with E-state index in [2.05, 4.69) is 18.3 Å². The first kappa shape index (κ1) is 13.1. The first-order chi connectivity index (χ1) is 8.97. The summed E-state index contributed by atoms with van der Waals surface area (Å²) in [5, 5.41) is 2.93. The van der Waals surface area contributed by atoms with Crippen LogP contribution < -0.4 is 11.1 Å².